The number of anilines is 2. The number of fused-ring (bicyclic) bond motifs is 1. The van der Waals surface area contributed by atoms with E-state index in [9.17, 15) is 13.2 Å². The van der Waals surface area contributed by atoms with Crippen molar-refractivity contribution in [1.29, 1.82) is 0 Å². The SMILES string of the molecule is Cl.Nc1ccc(N=Nc2ccccc2)c(N)n1.O=C(CC12CCCCN1C=CCCN2)OS(=O)(=O)O. The molecule has 2 aromatic rings. The summed E-state index contributed by atoms with van der Waals surface area (Å²) in [6.07, 6.45) is 7.42. The predicted octanol–water partition coefficient (Wildman–Crippen LogP) is 3.49. The van der Waals surface area contributed by atoms with Crippen molar-refractivity contribution in [1.82, 2.24) is 15.2 Å². The zero-order valence-corrected chi connectivity index (χ0v) is 21.1. The first-order valence-corrected chi connectivity index (χ1v) is 12.4. The van der Waals surface area contributed by atoms with Gasteiger partial charge in [0.05, 0.1) is 12.1 Å². The van der Waals surface area contributed by atoms with Crippen molar-refractivity contribution in [2.24, 2.45) is 10.2 Å². The monoisotopic (exact) mass is 539 g/mol. The summed E-state index contributed by atoms with van der Waals surface area (Å²) in [6.45, 7) is 1.52. The van der Waals surface area contributed by atoms with E-state index in [2.05, 4.69) is 24.7 Å². The Morgan fingerprint density at radius 2 is 1.92 bits per heavy atom. The summed E-state index contributed by atoms with van der Waals surface area (Å²) in [5.74, 6) is -0.298. The van der Waals surface area contributed by atoms with Gasteiger partial charge in [0.1, 0.15) is 17.2 Å². The number of nitrogen functional groups attached to an aromatic ring is 2. The highest BCUT2D eigenvalue weighted by Gasteiger charge is 2.40. The van der Waals surface area contributed by atoms with Crippen molar-refractivity contribution in [3.8, 4) is 0 Å². The number of benzene rings is 1. The van der Waals surface area contributed by atoms with Crippen LogP contribution in [0.15, 0.2) is 65.0 Å². The summed E-state index contributed by atoms with van der Waals surface area (Å²) < 4.78 is 33.7. The van der Waals surface area contributed by atoms with Crippen LogP contribution in [0.3, 0.4) is 0 Å². The summed E-state index contributed by atoms with van der Waals surface area (Å²) in [5, 5.41) is 11.3. The molecule has 1 saturated heterocycles. The lowest BCUT2D eigenvalue weighted by Gasteiger charge is -2.46. The number of hydrogen-bond acceptors (Lipinski definition) is 11. The topological polar surface area (TPSA) is 186 Å². The molecule has 1 aromatic heterocycles. The highest BCUT2D eigenvalue weighted by molar-refractivity contribution is 7.81. The third-order valence-electron chi connectivity index (χ3n) is 5.43. The van der Waals surface area contributed by atoms with Crippen molar-refractivity contribution in [2.75, 3.05) is 24.6 Å². The van der Waals surface area contributed by atoms with E-state index in [0.29, 0.717) is 18.1 Å². The Labute approximate surface area is 216 Å². The van der Waals surface area contributed by atoms with Gasteiger partial charge in [0.2, 0.25) is 0 Å². The maximum atomic E-state index is 11.6. The number of nitrogens with one attached hydrogen (secondary N) is 1. The third-order valence-corrected chi connectivity index (χ3v) is 5.82. The number of carbonyl (C=O) groups is 1. The van der Waals surface area contributed by atoms with Gasteiger partial charge in [0, 0.05) is 13.1 Å². The zero-order chi connectivity index (χ0) is 25.3. The van der Waals surface area contributed by atoms with Crippen LogP contribution in [-0.2, 0) is 19.4 Å². The molecule has 0 spiro atoms. The van der Waals surface area contributed by atoms with Crippen molar-refractivity contribution in [3.63, 3.8) is 0 Å². The largest absolute Gasteiger partial charge is 0.448 e. The number of aromatic nitrogens is 1. The first kappa shape index (κ1) is 29.0. The molecule has 2 aliphatic heterocycles. The second-order valence-corrected chi connectivity index (χ2v) is 9.04. The van der Waals surface area contributed by atoms with Crippen LogP contribution in [0, 0.1) is 0 Å². The van der Waals surface area contributed by atoms with E-state index >= 15 is 0 Å². The summed E-state index contributed by atoms with van der Waals surface area (Å²) in [7, 11) is -4.74. The normalized spacial score (nSPS) is 19.3. The number of rotatable bonds is 5. The highest BCUT2D eigenvalue weighted by Crippen LogP contribution is 2.31. The lowest BCUT2D eigenvalue weighted by atomic mass is 9.92. The van der Waals surface area contributed by atoms with Gasteiger partial charge in [0.15, 0.2) is 5.82 Å². The highest BCUT2D eigenvalue weighted by atomic mass is 35.5. The third kappa shape index (κ3) is 8.75. The zero-order valence-electron chi connectivity index (χ0n) is 19.5. The molecule has 12 nitrogen and oxygen atoms in total. The van der Waals surface area contributed by atoms with Crippen molar-refractivity contribution in [3.05, 3.63) is 54.7 Å². The molecule has 0 saturated carbocycles. The lowest BCUT2D eigenvalue weighted by molar-refractivity contribution is -0.138. The Morgan fingerprint density at radius 3 is 2.61 bits per heavy atom. The van der Waals surface area contributed by atoms with Crippen molar-refractivity contribution < 1.29 is 21.9 Å². The van der Waals surface area contributed by atoms with Gasteiger partial charge in [-0.25, -0.2) is 4.98 Å². The first-order chi connectivity index (χ1) is 16.7. The summed E-state index contributed by atoms with van der Waals surface area (Å²) in [4.78, 5) is 17.5. The predicted molar refractivity (Wildman–Crippen MR) is 138 cm³/mol. The van der Waals surface area contributed by atoms with E-state index in [1.165, 1.54) is 0 Å². The second kappa shape index (κ2) is 13.2. The van der Waals surface area contributed by atoms with Gasteiger partial charge in [-0.2, -0.15) is 13.5 Å². The summed E-state index contributed by atoms with van der Waals surface area (Å²) in [5.41, 5.74) is 11.8. The fourth-order valence-corrected chi connectivity index (χ4v) is 4.16. The van der Waals surface area contributed by atoms with Crippen LogP contribution in [0.1, 0.15) is 32.1 Å². The van der Waals surface area contributed by atoms with E-state index in [0.717, 1.165) is 37.9 Å². The van der Waals surface area contributed by atoms with Crippen LogP contribution in [-0.4, -0.2) is 47.6 Å². The van der Waals surface area contributed by atoms with Crippen LogP contribution in [0.4, 0.5) is 23.0 Å². The molecule has 6 N–H and O–H groups in total. The van der Waals surface area contributed by atoms with E-state index in [-0.39, 0.29) is 24.6 Å². The number of pyridine rings is 1. The lowest BCUT2D eigenvalue weighted by Crippen LogP contribution is -2.59. The molecule has 14 heteroatoms. The Bertz CT molecular complexity index is 1180. The Morgan fingerprint density at radius 1 is 1.17 bits per heavy atom. The van der Waals surface area contributed by atoms with Crippen LogP contribution in [0.25, 0.3) is 0 Å². The van der Waals surface area contributed by atoms with E-state index in [1.807, 2.05) is 47.5 Å². The minimum absolute atomic E-state index is 0. The Kier molecular flexibility index (Phi) is 10.6. The molecular weight excluding hydrogens is 510 g/mol. The fraction of sp³-hybridized carbons (Fsp3) is 0.364. The molecule has 2 aliphatic rings. The number of piperidine rings is 1. The molecular formula is C22H30ClN7O5S. The number of nitrogens with zero attached hydrogens (tertiary/aromatic N) is 4. The van der Waals surface area contributed by atoms with E-state index in [1.54, 1.807) is 12.1 Å². The van der Waals surface area contributed by atoms with Crippen LogP contribution >= 0.6 is 12.4 Å². The minimum Gasteiger partial charge on any atom is -0.384 e. The van der Waals surface area contributed by atoms with Gasteiger partial charge in [-0.15, -0.1) is 17.5 Å². The molecule has 0 amide bonds. The van der Waals surface area contributed by atoms with Gasteiger partial charge in [-0.05, 0) is 56.1 Å². The maximum Gasteiger partial charge on any atom is 0.448 e. The fourth-order valence-electron chi connectivity index (χ4n) is 3.87. The number of halogens is 1. The molecule has 4 rings (SSSR count). The first-order valence-electron chi connectivity index (χ1n) is 11.0. The van der Waals surface area contributed by atoms with Gasteiger partial charge < -0.3 is 20.6 Å². The summed E-state index contributed by atoms with van der Waals surface area (Å²) >= 11 is 0. The van der Waals surface area contributed by atoms with Crippen LogP contribution in [0.5, 0.6) is 0 Å². The van der Waals surface area contributed by atoms with Crippen LogP contribution in [0.2, 0.25) is 0 Å². The molecule has 36 heavy (non-hydrogen) atoms. The smallest absolute Gasteiger partial charge is 0.384 e. The number of hydrogen-bond donors (Lipinski definition) is 4. The van der Waals surface area contributed by atoms with Gasteiger partial charge in [-0.3, -0.25) is 14.7 Å². The molecule has 1 fully saturated rings. The molecule has 0 radical (unpaired) electrons. The van der Waals surface area contributed by atoms with Gasteiger partial charge in [0.25, 0.3) is 0 Å². The Balaban J connectivity index is 0.000000250. The molecule has 1 atom stereocenters. The average molecular weight is 540 g/mol. The molecule has 0 bridgehead atoms. The van der Waals surface area contributed by atoms with E-state index in [4.69, 9.17) is 16.0 Å². The van der Waals surface area contributed by atoms with Gasteiger partial charge in [-0.1, -0.05) is 24.3 Å². The Hall–Kier alpha value is -3.26. The quantitative estimate of drug-likeness (QED) is 0.323. The molecule has 3 heterocycles. The van der Waals surface area contributed by atoms with Crippen LogP contribution < -0.4 is 16.8 Å². The number of azo groups is 1. The average Bonchev–Trinajstić information content (AvgIpc) is 3.00. The summed E-state index contributed by atoms with van der Waals surface area (Å²) in [6, 6.07) is 12.7. The molecule has 1 unspecified atom stereocenters. The standard InChI is InChI=1S/C11H11N5.C11H18N2O5S.ClH/c12-10-7-6-9(11(13)14-10)16-15-8-4-2-1-3-5-8;14-10(18-19(15,16)17)9-11-5-1-3-7-13(11)8-4-2-6-12-11;/h1-7H,(H4,12,13,14);4,8,12H,1-3,5-7,9H2,(H,15,16,17);1H. The number of nitrogens with two attached hydrogens (primary N) is 2. The molecule has 1 aromatic carbocycles. The van der Waals surface area contributed by atoms with Crippen molar-refractivity contribution in [2.45, 2.75) is 37.8 Å². The van der Waals surface area contributed by atoms with E-state index < -0.39 is 22.0 Å². The second-order valence-electron chi connectivity index (χ2n) is 8.02. The maximum absolute atomic E-state index is 11.6. The minimum atomic E-state index is -4.74. The molecule has 0 aliphatic carbocycles. The van der Waals surface area contributed by atoms with Crippen molar-refractivity contribution >= 4 is 51.8 Å². The molecule has 196 valence electrons. The number of carbonyl (C=O) groups excluding carboxylic acids is 1. The van der Waals surface area contributed by atoms with Gasteiger partial charge >= 0.3 is 16.4 Å².